The number of nitrogens with zero attached hydrogens (tertiary/aromatic N) is 1. The fourth-order valence-electron chi connectivity index (χ4n) is 3.65. The molecule has 0 bridgehead atoms. The lowest BCUT2D eigenvalue weighted by Gasteiger charge is -2.36. The van der Waals surface area contributed by atoms with Crippen molar-refractivity contribution in [1.29, 1.82) is 0 Å². The Kier molecular flexibility index (Phi) is 6.44. The van der Waals surface area contributed by atoms with Crippen LogP contribution in [0.3, 0.4) is 0 Å². The maximum absolute atomic E-state index is 13.5. The number of benzene rings is 2. The maximum Gasteiger partial charge on any atom is 0.305 e. The lowest BCUT2D eigenvalue weighted by atomic mass is 9.92. The summed E-state index contributed by atoms with van der Waals surface area (Å²) in [7, 11) is 0.216. The van der Waals surface area contributed by atoms with Crippen LogP contribution in [0.25, 0.3) is 0 Å². The van der Waals surface area contributed by atoms with Crippen molar-refractivity contribution in [3.63, 3.8) is 0 Å². The lowest BCUT2D eigenvalue weighted by Crippen LogP contribution is -2.41. The van der Waals surface area contributed by atoms with Gasteiger partial charge in [-0.05, 0) is 47.9 Å². The van der Waals surface area contributed by atoms with E-state index in [2.05, 4.69) is 0 Å². The number of carbonyl (C=O) groups is 1. The predicted molar refractivity (Wildman–Crippen MR) is 110 cm³/mol. The highest BCUT2D eigenvalue weighted by molar-refractivity contribution is 7.89. The molecule has 1 aliphatic rings. The first-order valence-electron chi connectivity index (χ1n) is 9.05. The number of methoxy groups -OCH3 is 3. The van der Waals surface area contributed by atoms with E-state index in [-0.39, 0.29) is 22.2 Å². The van der Waals surface area contributed by atoms with Gasteiger partial charge < -0.3 is 19.3 Å². The van der Waals surface area contributed by atoms with Gasteiger partial charge in [0.2, 0.25) is 10.0 Å². The number of aliphatic carboxylic acids is 1. The Bertz CT molecular complexity index is 1070. The largest absolute Gasteiger partial charge is 0.495 e. The van der Waals surface area contributed by atoms with Gasteiger partial charge in [-0.3, -0.25) is 4.79 Å². The van der Waals surface area contributed by atoms with Gasteiger partial charge in [0.15, 0.2) is 11.5 Å². The van der Waals surface area contributed by atoms with E-state index in [4.69, 9.17) is 25.8 Å². The molecular formula is C20H22ClNO7S. The Morgan fingerprint density at radius 1 is 1.10 bits per heavy atom. The average Bonchev–Trinajstić information content (AvgIpc) is 2.72. The molecular weight excluding hydrogens is 434 g/mol. The SMILES string of the molecule is COc1cc2c(cc1OC)[C@@H](CC(=O)O)N(S(=O)(=O)c1cc(Cl)ccc1OC)CC2. The van der Waals surface area contributed by atoms with Gasteiger partial charge in [0.05, 0.1) is 33.8 Å². The van der Waals surface area contributed by atoms with E-state index in [0.717, 1.165) is 5.56 Å². The molecule has 8 nitrogen and oxygen atoms in total. The van der Waals surface area contributed by atoms with Crippen LogP contribution in [0.4, 0.5) is 0 Å². The summed E-state index contributed by atoms with van der Waals surface area (Å²) in [6.45, 7) is 0.0957. The number of carboxylic acids is 1. The zero-order valence-electron chi connectivity index (χ0n) is 16.7. The van der Waals surface area contributed by atoms with Crippen molar-refractivity contribution in [2.45, 2.75) is 23.8 Å². The van der Waals surface area contributed by atoms with Gasteiger partial charge in [0.1, 0.15) is 10.6 Å². The number of halogens is 1. The summed E-state index contributed by atoms with van der Waals surface area (Å²) in [4.78, 5) is 11.5. The van der Waals surface area contributed by atoms with Crippen LogP contribution >= 0.6 is 11.6 Å². The predicted octanol–water partition coefficient (Wildman–Crippen LogP) is 3.13. The fraction of sp³-hybridized carbons (Fsp3) is 0.350. The van der Waals surface area contributed by atoms with Crippen molar-refractivity contribution < 1.29 is 32.5 Å². The number of ether oxygens (including phenoxy) is 3. The highest BCUT2D eigenvalue weighted by Crippen LogP contribution is 2.42. The van der Waals surface area contributed by atoms with E-state index in [1.54, 1.807) is 12.1 Å². The number of hydrogen-bond donors (Lipinski definition) is 1. The Hall–Kier alpha value is -2.49. The van der Waals surface area contributed by atoms with Crippen LogP contribution in [0.15, 0.2) is 35.2 Å². The topological polar surface area (TPSA) is 102 Å². The van der Waals surface area contributed by atoms with E-state index >= 15 is 0 Å². The summed E-state index contributed by atoms with van der Waals surface area (Å²) >= 11 is 6.03. The molecule has 162 valence electrons. The average molecular weight is 456 g/mol. The highest BCUT2D eigenvalue weighted by Gasteiger charge is 2.39. The zero-order chi connectivity index (χ0) is 22.1. The standard InChI is InChI=1S/C20H22ClNO7S/c1-27-16-5-4-13(21)9-19(16)30(25,26)22-7-6-12-8-17(28-2)18(29-3)10-14(12)15(22)11-20(23)24/h4-5,8-10,15H,6-7,11H2,1-3H3,(H,23,24)/t15-/m1/s1. The molecule has 1 N–H and O–H groups in total. The highest BCUT2D eigenvalue weighted by atomic mass is 35.5. The summed E-state index contributed by atoms with van der Waals surface area (Å²) in [5.41, 5.74) is 1.37. The number of hydrogen-bond acceptors (Lipinski definition) is 6. The van der Waals surface area contributed by atoms with Gasteiger partial charge in [0.25, 0.3) is 0 Å². The molecule has 0 saturated heterocycles. The second-order valence-electron chi connectivity index (χ2n) is 6.68. The molecule has 0 fully saturated rings. The molecule has 10 heteroatoms. The van der Waals surface area contributed by atoms with Crippen LogP contribution in [0.5, 0.6) is 17.2 Å². The molecule has 0 aromatic heterocycles. The number of carboxylic acid groups (broad SMARTS) is 1. The van der Waals surface area contributed by atoms with Crippen molar-refractivity contribution >= 4 is 27.6 Å². The van der Waals surface area contributed by atoms with Crippen LogP contribution in [0.2, 0.25) is 5.02 Å². The molecule has 0 amide bonds. The van der Waals surface area contributed by atoms with Crippen LogP contribution in [-0.4, -0.2) is 51.7 Å². The van der Waals surface area contributed by atoms with Gasteiger partial charge in [-0.25, -0.2) is 8.42 Å². The third kappa shape index (κ3) is 4.05. The maximum atomic E-state index is 13.5. The monoisotopic (exact) mass is 455 g/mol. The van der Waals surface area contributed by atoms with Gasteiger partial charge in [0, 0.05) is 11.6 Å². The van der Waals surface area contributed by atoms with E-state index in [9.17, 15) is 18.3 Å². The van der Waals surface area contributed by atoms with Gasteiger partial charge >= 0.3 is 5.97 Å². The third-order valence-corrected chi connectivity index (χ3v) is 7.20. The van der Waals surface area contributed by atoms with Crippen LogP contribution in [-0.2, 0) is 21.2 Å². The van der Waals surface area contributed by atoms with Crippen LogP contribution in [0, 0.1) is 0 Å². The van der Waals surface area contributed by atoms with E-state index in [1.807, 2.05) is 0 Å². The number of fused-ring (bicyclic) bond motifs is 1. The molecule has 2 aromatic carbocycles. The van der Waals surface area contributed by atoms with Gasteiger partial charge in [-0.2, -0.15) is 4.31 Å². The molecule has 0 spiro atoms. The van der Waals surface area contributed by atoms with Crippen LogP contribution < -0.4 is 14.2 Å². The quantitative estimate of drug-likeness (QED) is 0.684. The second-order valence-corrected chi connectivity index (χ2v) is 8.98. The molecule has 1 atom stereocenters. The fourth-order valence-corrected chi connectivity index (χ4v) is 5.67. The molecule has 1 heterocycles. The molecule has 2 aromatic rings. The van der Waals surface area contributed by atoms with Crippen molar-refractivity contribution in [3.8, 4) is 17.2 Å². The molecule has 0 unspecified atom stereocenters. The molecule has 0 saturated carbocycles. The summed E-state index contributed by atoms with van der Waals surface area (Å²) < 4.78 is 44.1. The molecule has 3 rings (SSSR count). The van der Waals surface area contributed by atoms with Crippen molar-refractivity contribution in [3.05, 3.63) is 46.5 Å². The second kappa shape index (κ2) is 8.71. The summed E-state index contributed by atoms with van der Waals surface area (Å²) in [6, 6.07) is 6.76. The third-order valence-electron chi connectivity index (χ3n) is 5.03. The zero-order valence-corrected chi connectivity index (χ0v) is 18.3. The number of sulfonamides is 1. The normalized spacial score (nSPS) is 16.6. The first-order valence-corrected chi connectivity index (χ1v) is 10.9. The summed E-state index contributed by atoms with van der Waals surface area (Å²) in [6.07, 6.45) is -0.0293. The Morgan fingerprint density at radius 2 is 1.73 bits per heavy atom. The van der Waals surface area contributed by atoms with Gasteiger partial charge in [-0.15, -0.1) is 0 Å². The minimum absolute atomic E-state index is 0.0957. The summed E-state index contributed by atoms with van der Waals surface area (Å²) in [5.74, 6) is -0.100. The van der Waals surface area contributed by atoms with Crippen molar-refractivity contribution in [2.24, 2.45) is 0 Å². The van der Waals surface area contributed by atoms with Gasteiger partial charge in [-0.1, -0.05) is 11.6 Å². The van der Waals surface area contributed by atoms with E-state index in [1.165, 1.54) is 43.8 Å². The Labute approximate surface area is 180 Å². The van der Waals surface area contributed by atoms with E-state index in [0.29, 0.717) is 23.5 Å². The minimum atomic E-state index is -4.11. The number of rotatable bonds is 7. The molecule has 30 heavy (non-hydrogen) atoms. The van der Waals surface area contributed by atoms with Crippen molar-refractivity contribution in [2.75, 3.05) is 27.9 Å². The Balaban J connectivity index is 2.16. The van der Waals surface area contributed by atoms with Crippen molar-refractivity contribution in [1.82, 2.24) is 4.31 Å². The Morgan fingerprint density at radius 3 is 2.33 bits per heavy atom. The minimum Gasteiger partial charge on any atom is -0.495 e. The van der Waals surface area contributed by atoms with E-state index < -0.39 is 28.5 Å². The first-order chi connectivity index (χ1) is 14.2. The molecule has 1 aliphatic heterocycles. The molecule has 0 aliphatic carbocycles. The van der Waals surface area contributed by atoms with Crippen LogP contribution in [0.1, 0.15) is 23.6 Å². The lowest BCUT2D eigenvalue weighted by molar-refractivity contribution is -0.138. The summed E-state index contributed by atoms with van der Waals surface area (Å²) in [5, 5.41) is 9.72. The smallest absolute Gasteiger partial charge is 0.305 e. The molecule has 0 radical (unpaired) electrons. The first kappa shape index (κ1) is 22.2.